The van der Waals surface area contributed by atoms with Gasteiger partial charge in [-0.05, 0) is 25.0 Å². The summed E-state index contributed by atoms with van der Waals surface area (Å²) in [5, 5.41) is 12.9. The third-order valence-electron chi connectivity index (χ3n) is 3.43. The molecule has 1 aromatic rings. The number of rotatable bonds is 6. The molecule has 2 atom stereocenters. The highest BCUT2D eigenvalue weighted by atomic mass is 32.2. The summed E-state index contributed by atoms with van der Waals surface area (Å²) < 4.78 is 4.95. The highest BCUT2D eigenvalue weighted by Crippen LogP contribution is 2.36. The van der Waals surface area contributed by atoms with Gasteiger partial charge in [0.1, 0.15) is 0 Å². The summed E-state index contributed by atoms with van der Waals surface area (Å²) in [6.07, 6.45) is 1.26. The van der Waals surface area contributed by atoms with Crippen molar-refractivity contribution in [3.63, 3.8) is 0 Å². The molecule has 0 bridgehead atoms. The Kier molecular flexibility index (Phi) is 5.07. The first kappa shape index (κ1) is 15.4. The van der Waals surface area contributed by atoms with Gasteiger partial charge < -0.3 is 15.2 Å². The Morgan fingerprint density at radius 2 is 2.30 bits per heavy atom. The number of methoxy groups -OCH3 is 1. The summed E-state index contributed by atoms with van der Waals surface area (Å²) in [4.78, 5) is 13.3. The molecule has 0 spiro atoms. The molecule has 1 aliphatic rings. The molecule has 0 radical (unpaired) electrons. The Morgan fingerprint density at radius 3 is 3.00 bits per heavy atom. The number of carbonyl (C=O) groups excluding carboxylic acids is 1. The zero-order valence-corrected chi connectivity index (χ0v) is 12.7. The van der Waals surface area contributed by atoms with Gasteiger partial charge in [-0.1, -0.05) is 18.2 Å². The van der Waals surface area contributed by atoms with Crippen molar-refractivity contribution in [1.29, 1.82) is 0 Å². The first-order valence-corrected chi connectivity index (χ1v) is 7.63. The average Bonchev–Trinajstić information content (AvgIpc) is 2.86. The minimum atomic E-state index is -0.929. The van der Waals surface area contributed by atoms with E-state index >= 15 is 0 Å². The zero-order valence-electron chi connectivity index (χ0n) is 11.9. The summed E-state index contributed by atoms with van der Waals surface area (Å²) in [5.74, 6) is -0.0103. The molecule has 0 saturated carbocycles. The number of thioether (sulfide) groups is 1. The fourth-order valence-corrected chi connectivity index (χ4v) is 3.35. The normalized spacial score (nSPS) is 20.2. The fraction of sp³-hybridized carbons (Fsp3) is 0.533. The van der Waals surface area contributed by atoms with Crippen LogP contribution in [0, 0.1) is 0 Å². The van der Waals surface area contributed by atoms with E-state index in [0.29, 0.717) is 13.0 Å². The Balaban J connectivity index is 1.82. The van der Waals surface area contributed by atoms with Crippen LogP contribution in [0.1, 0.15) is 18.9 Å². The Hall–Kier alpha value is -1.04. The first-order valence-electron chi connectivity index (χ1n) is 6.75. The van der Waals surface area contributed by atoms with Crippen LogP contribution in [-0.4, -0.2) is 42.1 Å². The fourth-order valence-electron chi connectivity index (χ4n) is 2.13. The summed E-state index contributed by atoms with van der Waals surface area (Å²) in [6, 6.07) is 8.09. The van der Waals surface area contributed by atoms with E-state index in [-0.39, 0.29) is 17.7 Å². The first-order chi connectivity index (χ1) is 9.52. The maximum Gasteiger partial charge on any atom is 0.233 e. The van der Waals surface area contributed by atoms with Gasteiger partial charge >= 0.3 is 0 Å². The van der Waals surface area contributed by atoms with Gasteiger partial charge in [-0.15, -0.1) is 11.8 Å². The van der Waals surface area contributed by atoms with Gasteiger partial charge in [0.25, 0.3) is 0 Å². The second kappa shape index (κ2) is 6.61. The molecule has 2 rings (SSSR count). The van der Waals surface area contributed by atoms with Crippen molar-refractivity contribution in [1.82, 2.24) is 5.32 Å². The quantitative estimate of drug-likeness (QED) is 0.837. The zero-order chi connectivity index (χ0) is 14.6. The predicted octanol–water partition coefficient (Wildman–Crippen LogP) is 1.61. The van der Waals surface area contributed by atoms with Crippen LogP contribution in [0.5, 0.6) is 0 Å². The number of aliphatic hydroxyl groups is 1. The second-order valence-electron chi connectivity index (χ2n) is 5.38. The van der Waals surface area contributed by atoms with Crippen molar-refractivity contribution in [3.05, 3.63) is 29.8 Å². The number of benzene rings is 1. The van der Waals surface area contributed by atoms with Crippen LogP contribution in [-0.2, 0) is 16.0 Å². The van der Waals surface area contributed by atoms with Gasteiger partial charge in [-0.2, -0.15) is 0 Å². The lowest BCUT2D eigenvalue weighted by Crippen LogP contribution is -2.44. The Labute approximate surface area is 123 Å². The van der Waals surface area contributed by atoms with E-state index in [0.717, 1.165) is 6.42 Å². The summed E-state index contributed by atoms with van der Waals surface area (Å²) in [5.41, 5.74) is 0.297. The van der Waals surface area contributed by atoms with E-state index in [1.54, 1.807) is 25.8 Å². The molecule has 0 aromatic heterocycles. The molecule has 0 aliphatic carbocycles. The maximum absolute atomic E-state index is 12.2. The van der Waals surface area contributed by atoms with Crippen LogP contribution in [0.3, 0.4) is 0 Å². The van der Waals surface area contributed by atoms with Gasteiger partial charge in [-0.25, -0.2) is 0 Å². The third-order valence-corrected chi connectivity index (χ3v) is 4.75. The number of ether oxygens (including phenoxy) is 1. The van der Waals surface area contributed by atoms with Gasteiger partial charge in [-0.3, -0.25) is 4.79 Å². The number of carbonyl (C=O) groups is 1. The lowest BCUT2D eigenvalue weighted by molar-refractivity contribution is -0.121. The summed E-state index contributed by atoms with van der Waals surface area (Å²) in [6.45, 7) is 2.44. The van der Waals surface area contributed by atoms with Gasteiger partial charge in [0.2, 0.25) is 5.91 Å². The number of fused-ring (bicyclic) bond motifs is 1. The lowest BCUT2D eigenvalue weighted by Gasteiger charge is -2.24. The number of amides is 1. The maximum atomic E-state index is 12.2. The SMILES string of the molecule is COCCC(C)(O)CNC(=O)C1Cc2ccccc2S1. The smallest absolute Gasteiger partial charge is 0.233 e. The molecule has 4 nitrogen and oxygen atoms in total. The molecule has 1 aromatic carbocycles. The molecule has 2 N–H and O–H groups in total. The van der Waals surface area contributed by atoms with Crippen molar-refractivity contribution in [2.45, 2.75) is 35.5 Å². The molecular formula is C15H21NO3S. The Bertz CT molecular complexity index is 451. The van der Waals surface area contributed by atoms with E-state index in [1.807, 2.05) is 18.2 Å². The molecule has 2 unspecified atom stereocenters. The molecule has 1 heterocycles. The van der Waals surface area contributed by atoms with Crippen molar-refractivity contribution in [3.8, 4) is 0 Å². The second-order valence-corrected chi connectivity index (χ2v) is 6.62. The summed E-state index contributed by atoms with van der Waals surface area (Å²) >= 11 is 1.59. The van der Waals surface area contributed by atoms with Crippen LogP contribution in [0.4, 0.5) is 0 Å². The number of nitrogens with one attached hydrogen (secondary N) is 1. The standard InChI is InChI=1S/C15H21NO3S/c1-15(18,7-8-19-2)10-16-14(17)13-9-11-5-3-4-6-12(11)20-13/h3-6,13,18H,7-10H2,1-2H3,(H,16,17). The lowest BCUT2D eigenvalue weighted by atomic mass is 10.0. The van der Waals surface area contributed by atoms with Crippen molar-refractivity contribution >= 4 is 17.7 Å². The van der Waals surface area contributed by atoms with E-state index in [9.17, 15) is 9.90 Å². The molecule has 1 amide bonds. The molecule has 1 aliphatic heterocycles. The molecule has 5 heteroatoms. The Morgan fingerprint density at radius 1 is 1.55 bits per heavy atom. The predicted molar refractivity (Wildman–Crippen MR) is 79.9 cm³/mol. The van der Waals surface area contributed by atoms with E-state index < -0.39 is 5.60 Å². The molecule has 0 fully saturated rings. The highest BCUT2D eigenvalue weighted by Gasteiger charge is 2.29. The molecule has 0 saturated heterocycles. The van der Waals surface area contributed by atoms with E-state index in [2.05, 4.69) is 11.4 Å². The van der Waals surface area contributed by atoms with Gasteiger partial charge in [0, 0.05) is 31.6 Å². The van der Waals surface area contributed by atoms with Crippen molar-refractivity contribution in [2.24, 2.45) is 0 Å². The molecular weight excluding hydrogens is 274 g/mol. The topological polar surface area (TPSA) is 58.6 Å². The number of hydrogen-bond donors (Lipinski definition) is 2. The van der Waals surface area contributed by atoms with Crippen molar-refractivity contribution < 1.29 is 14.6 Å². The van der Waals surface area contributed by atoms with Crippen molar-refractivity contribution in [2.75, 3.05) is 20.3 Å². The minimum Gasteiger partial charge on any atom is -0.388 e. The summed E-state index contributed by atoms with van der Waals surface area (Å²) in [7, 11) is 1.60. The van der Waals surface area contributed by atoms with Crippen LogP contribution in [0.2, 0.25) is 0 Å². The highest BCUT2D eigenvalue weighted by molar-refractivity contribution is 8.01. The van der Waals surface area contributed by atoms with Crippen LogP contribution < -0.4 is 5.32 Å². The average molecular weight is 295 g/mol. The number of hydrogen-bond acceptors (Lipinski definition) is 4. The van der Waals surface area contributed by atoms with Crippen LogP contribution >= 0.6 is 11.8 Å². The van der Waals surface area contributed by atoms with Gasteiger partial charge in [0.15, 0.2) is 0 Å². The van der Waals surface area contributed by atoms with E-state index in [4.69, 9.17) is 4.74 Å². The van der Waals surface area contributed by atoms with Crippen LogP contribution in [0.15, 0.2) is 29.2 Å². The monoisotopic (exact) mass is 295 g/mol. The van der Waals surface area contributed by atoms with E-state index in [1.165, 1.54) is 10.5 Å². The van der Waals surface area contributed by atoms with Crippen LogP contribution in [0.25, 0.3) is 0 Å². The largest absolute Gasteiger partial charge is 0.388 e. The third kappa shape index (κ3) is 3.98. The van der Waals surface area contributed by atoms with Gasteiger partial charge in [0.05, 0.1) is 10.9 Å². The minimum absolute atomic E-state index is 0.0103. The molecule has 20 heavy (non-hydrogen) atoms. The molecule has 110 valence electrons.